The summed E-state index contributed by atoms with van der Waals surface area (Å²) in [5, 5.41) is 20.3. The molecule has 4 N–H and O–H groups in total. The smallest absolute Gasteiger partial charge is 0.153 e. The summed E-state index contributed by atoms with van der Waals surface area (Å²) < 4.78 is 0. The van der Waals surface area contributed by atoms with Crippen molar-refractivity contribution in [2.75, 3.05) is 20.1 Å². The summed E-state index contributed by atoms with van der Waals surface area (Å²) in [4.78, 5) is 1.99. The third-order valence-electron chi connectivity index (χ3n) is 2.34. The fourth-order valence-corrected chi connectivity index (χ4v) is 1.66. The number of nitrogens with zero attached hydrogens (tertiary/aromatic N) is 2. The van der Waals surface area contributed by atoms with Gasteiger partial charge in [0, 0.05) is 6.54 Å². The third-order valence-corrected chi connectivity index (χ3v) is 2.34. The number of rotatable bonds is 4. The first-order valence-electron chi connectivity index (χ1n) is 4.44. The molecule has 0 aromatic heterocycles. The monoisotopic (exact) mass is 187 g/mol. The van der Waals surface area contributed by atoms with E-state index >= 15 is 0 Å². The van der Waals surface area contributed by atoms with E-state index in [2.05, 4.69) is 5.16 Å². The van der Waals surface area contributed by atoms with Crippen molar-refractivity contribution in [1.29, 1.82) is 0 Å². The molecule has 0 spiro atoms. The maximum atomic E-state index is 9.05. The van der Waals surface area contributed by atoms with E-state index in [0.29, 0.717) is 12.5 Å². The van der Waals surface area contributed by atoms with Crippen LogP contribution in [0.5, 0.6) is 0 Å². The maximum absolute atomic E-state index is 9.05. The second-order valence-corrected chi connectivity index (χ2v) is 3.78. The van der Waals surface area contributed by atoms with Gasteiger partial charge in [0.15, 0.2) is 5.84 Å². The van der Waals surface area contributed by atoms with Gasteiger partial charge in [-0.05, 0) is 25.8 Å². The molecule has 1 saturated carbocycles. The van der Waals surface area contributed by atoms with Crippen LogP contribution >= 0.6 is 0 Å². The predicted molar refractivity (Wildman–Crippen MR) is 49.6 cm³/mol. The second-order valence-electron chi connectivity index (χ2n) is 3.78. The highest BCUT2D eigenvalue weighted by molar-refractivity contribution is 5.81. The number of amidine groups is 1. The van der Waals surface area contributed by atoms with Gasteiger partial charge in [-0.3, -0.25) is 4.90 Å². The average molecular weight is 187 g/mol. The van der Waals surface area contributed by atoms with Crippen LogP contribution in [0.1, 0.15) is 12.8 Å². The number of aliphatic hydroxyl groups excluding tert-OH is 1. The van der Waals surface area contributed by atoms with E-state index in [1.807, 2.05) is 11.9 Å². The summed E-state index contributed by atoms with van der Waals surface area (Å²) in [6.07, 6.45) is 1.64. The van der Waals surface area contributed by atoms with Crippen LogP contribution in [0.25, 0.3) is 0 Å². The van der Waals surface area contributed by atoms with E-state index in [-0.39, 0.29) is 11.9 Å². The lowest BCUT2D eigenvalue weighted by molar-refractivity contribution is 0.0302. The number of likely N-dealkylation sites (N-methyl/N-ethyl adjacent to an activating group) is 1. The van der Waals surface area contributed by atoms with Gasteiger partial charge in [-0.25, -0.2) is 0 Å². The maximum Gasteiger partial charge on any atom is 0.153 e. The molecule has 1 aliphatic carbocycles. The van der Waals surface area contributed by atoms with Gasteiger partial charge in [0.1, 0.15) is 0 Å². The van der Waals surface area contributed by atoms with Crippen molar-refractivity contribution in [3.63, 3.8) is 0 Å². The summed E-state index contributed by atoms with van der Waals surface area (Å²) in [6, 6.07) is 0. The van der Waals surface area contributed by atoms with Crippen LogP contribution < -0.4 is 5.73 Å². The minimum atomic E-state index is -0.109. The van der Waals surface area contributed by atoms with Crippen LogP contribution in [0, 0.1) is 5.92 Å². The van der Waals surface area contributed by atoms with Gasteiger partial charge in [0.05, 0.1) is 12.6 Å². The van der Waals surface area contributed by atoms with Crippen LogP contribution in [0.15, 0.2) is 5.16 Å². The zero-order valence-corrected chi connectivity index (χ0v) is 7.85. The molecule has 0 atom stereocenters. The zero-order chi connectivity index (χ0) is 9.84. The number of aliphatic hydroxyl groups is 1. The first-order valence-corrected chi connectivity index (χ1v) is 4.44. The summed E-state index contributed by atoms with van der Waals surface area (Å²) in [6.45, 7) is 1.37. The molecule has 76 valence electrons. The molecule has 0 unspecified atom stereocenters. The van der Waals surface area contributed by atoms with Crippen molar-refractivity contribution in [1.82, 2.24) is 4.90 Å². The molecular weight excluding hydrogens is 170 g/mol. The molecule has 0 aliphatic heterocycles. The lowest BCUT2D eigenvalue weighted by Crippen LogP contribution is -2.40. The second kappa shape index (κ2) is 4.43. The number of hydrogen-bond donors (Lipinski definition) is 3. The Morgan fingerprint density at radius 3 is 2.69 bits per heavy atom. The van der Waals surface area contributed by atoms with Crippen LogP contribution in [0.3, 0.4) is 0 Å². The van der Waals surface area contributed by atoms with Crippen molar-refractivity contribution < 1.29 is 10.3 Å². The van der Waals surface area contributed by atoms with E-state index in [9.17, 15) is 0 Å². The van der Waals surface area contributed by atoms with Gasteiger partial charge in [-0.2, -0.15) is 0 Å². The standard InChI is InChI=1S/C8H17N3O2/c1-11(5-8(9)10-13)4-6-2-7(12)3-6/h6-7,12-13H,2-5H2,1H3,(H2,9,10). The first-order chi connectivity index (χ1) is 6.11. The SMILES string of the molecule is CN(CC(N)=NO)CC1CC(O)C1. The molecular formula is C8H17N3O2. The molecule has 13 heavy (non-hydrogen) atoms. The molecule has 0 heterocycles. The van der Waals surface area contributed by atoms with Gasteiger partial charge in [0.2, 0.25) is 0 Å². The molecule has 1 fully saturated rings. The van der Waals surface area contributed by atoms with E-state index in [4.69, 9.17) is 16.0 Å². The lowest BCUT2D eigenvalue weighted by atomic mass is 9.82. The van der Waals surface area contributed by atoms with Crippen molar-refractivity contribution in [2.45, 2.75) is 18.9 Å². The highest BCUT2D eigenvalue weighted by atomic mass is 16.4. The number of oxime groups is 1. The topological polar surface area (TPSA) is 82.1 Å². The van der Waals surface area contributed by atoms with E-state index in [1.165, 1.54) is 0 Å². The Labute approximate surface area is 77.8 Å². The zero-order valence-electron chi connectivity index (χ0n) is 7.85. The van der Waals surface area contributed by atoms with Crippen LogP contribution in [-0.4, -0.2) is 47.3 Å². The molecule has 5 heteroatoms. The molecule has 1 rings (SSSR count). The van der Waals surface area contributed by atoms with Crippen molar-refractivity contribution in [3.8, 4) is 0 Å². The molecule has 1 aliphatic rings. The quantitative estimate of drug-likeness (QED) is 0.238. The molecule has 0 bridgehead atoms. The Kier molecular flexibility index (Phi) is 3.50. The van der Waals surface area contributed by atoms with Gasteiger partial charge < -0.3 is 16.0 Å². The van der Waals surface area contributed by atoms with E-state index in [0.717, 1.165) is 19.4 Å². The lowest BCUT2D eigenvalue weighted by Gasteiger charge is -2.34. The van der Waals surface area contributed by atoms with Crippen molar-refractivity contribution in [2.24, 2.45) is 16.8 Å². The van der Waals surface area contributed by atoms with Gasteiger partial charge in [-0.1, -0.05) is 5.16 Å². The van der Waals surface area contributed by atoms with E-state index < -0.39 is 0 Å². The third kappa shape index (κ3) is 3.20. The van der Waals surface area contributed by atoms with Crippen molar-refractivity contribution >= 4 is 5.84 Å². The van der Waals surface area contributed by atoms with Crippen molar-refractivity contribution in [3.05, 3.63) is 0 Å². The summed E-state index contributed by atoms with van der Waals surface area (Å²) in [5.41, 5.74) is 5.35. The Hall–Kier alpha value is -0.810. The van der Waals surface area contributed by atoms with Crippen LogP contribution in [0.2, 0.25) is 0 Å². The molecule has 0 aromatic rings. The molecule has 0 amide bonds. The van der Waals surface area contributed by atoms with Gasteiger partial charge in [0.25, 0.3) is 0 Å². The summed E-state index contributed by atoms with van der Waals surface area (Å²) >= 11 is 0. The highest BCUT2D eigenvalue weighted by Gasteiger charge is 2.27. The van der Waals surface area contributed by atoms with Crippen LogP contribution in [-0.2, 0) is 0 Å². The first kappa shape index (κ1) is 10.3. The molecule has 0 radical (unpaired) electrons. The van der Waals surface area contributed by atoms with E-state index in [1.54, 1.807) is 0 Å². The average Bonchev–Trinajstić information content (AvgIpc) is 2.01. The number of hydrogen-bond acceptors (Lipinski definition) is 4. The Balaban J connectivity index is 2.14. The fraction of sp³-hybridized carbons (Fsp3) is 0.875. The van der Waals surface area contributed by atoms with Crippen LogP contribution in [0.4, 0.5) is 0 Å². The normalized spacial score (nSPS) is 29.0. The highest BCUT2D eigenvalue weighted by Crippen LogP contribution is 2.27. The summed E-state index contributed by atoms with van der Waals surface area (Å²) in [5.74, 6) is 0.786. The van der Waals surface area contributed by atoms with Gasteiger partial charge >= 0.3 is 0 Å². The largest absolute Gasteiger partial charge is 0.409 e. The fourth-order valence-electron chi connectivity index (χ4n) is 1.66. The number of nitrogens with two attached hydrogens (primary N) is 1. The molecule has 0 aromatic carbocycles. The van der Waals surface area contributed by atoms with Gasteiger partial charge in [-0.15, -0.1) is 0 Å². The minimum Gasteiger partial charge on any atom is -0.409 e. The Morgan fingerprint density at radius 1 is 1.62 bits per heavy atom. The Morgan fingerprint density at radius 2 is 2.23 bits per heavy atom. The predicted octanol–water partition coefficient (Wildman–Crippen LogP) is -0.564. The summed E-state index contributed by atoms with van der Waals surface area (Å²) in [7, 11) is 1.92. The Bertz CT molecular complexity index is 190. The molecule has 5 nitrogen and oxygen atoms in total. The minimum absolute atomic E-state index is 0.109. The molecule has 0 saturated heterocycles.